The molecule has 2 heterocycles. The Morgan fingerprint density at radius 2 is 2.21 bits per heavy atom. The third-order valence-corrected chi connectivity index (χ3v) is 6.27. The van der Waals surface area contributed by atoms with Crippen LogP contribution in [0.1, 0.15) is 11.6 Å². The fourth-order valence-corrected chi connectivity index (χ4v) is 5.34. The van der Waals surface area contributed by atoms with Gasteiger partial charge in [0.15, 0.2) is 0 Å². The highest BCUT2D eigenvalue weighted by Gasteiger charge is 2.26. The summed E-state index contributed by atoms with van der Waals surface area (Å²) in [5.41, 5.74) is 5.31. The molecule has 3 nitrogen and oxygen atoms in total. The lowest BCUT2D eigenvalue weighted by molar-refractivity contribution is 0.556. The average Bonchev–Trinajstić information content (AvgIpc) is 2.49. The Balaban J connectivity index is 2.00. The lowest BCUT2D eigenvalue weighted by Gasteiger charge is -2.30. The average molecular weight is 291 g/mol. The zero-order valence-corrected chi connectivity index (χ0v) is 12.2. The molecule has 5 heteroatoms. The van der Waals surface area contributed by atoms with Crippen molar-refractivity contribution in [3.63, 3.8) is 0 Å². The molecule has 3 N–H and O–H groups in total. The molecule has 0 radical (unpaired) electrons. The van der Waals surface area contributed by atoms with E-state index < -0.39 is 0 Å². The molecule has 0 bridgehead atoms. The Hall–Kier alpha value is -0.750. The molecule has 1 aromatic carbocycles. The number of hydrogen-bond acceptors (Lipinski definition) is 5. The molecule has 1 aromatic heterocycles. The van der Waals surface area contributed by atoms with E-state index in [1.807, 2.05) is 35.8 Å². The van der Waals surface area contributed by atoms with Gasteiger partial charge < -0.3 is 0 Å². The number of nitrogens with one attached hydrogen (secondary N) is 1. The third-order valence-electron chi connectivity index (χ3n) is 3.41. The molecule has 100 valence electrons. The molecule has 2 unspecified atom stereocenters. The van der Waals surface area contributed by atoms with E-state index in [-0.39, 0.29) is 6.04 Å². The highest BCUT2D eigenvalue weighted by Crippen LogP contribution is 2.35. The fourth-order valence-electron chi connectivity index (χ4n) is 2.49. The molecule has 0 spiro atoms. The fraction of sp³-hybridized carbons (Fsp3) is 0.357. The van der Waals surface area contributed by atoms with Gasteiger partial charge in [-0.15, -0.1) is 0 Å². The molecule has 0 amide bonds. The van der Waals surface area contributed by atoms with Crippen LogP contribution in [-0.4, -0.2) is 27.5 Å². The third kappa shape index (κ3) is 2.74. The van der Waals surface area contributed by atoms with E-state index in [4.69, 9.17) is 5.84 Å². The summed E-state index contributed by atoms with van der Waals surface area (Å²) in [6.07, 6.45) is 1.84. The topological polar surface area (TPSA) is 50.9 Å². The Kier molecular flexibility index (Phi) is 4.28. The lowest BCUT2D eigenvalue weighted by atomic mass is 9.99. The number of rotatable bonds is 3. The van der Waals surface area contributed by atoms with Gasteiger partial charge in [0, 0.05) is 34.1 Å². The van der Waals surface area contributed by atoms with E-state index in [2.05, 4.69) is 34.7 Å². The van der Waals surface area contributed by atoms with Crippen molar-refractivity contribution in [3.8, 4) is 0 Å². The molecule has 1 fully saturated rings. The van der Waals surface area contributed by atoms with Crippen LogP contribution in [0.5, 0.6) is 0 Å². The largest absolute Gasteiger partial charge is 0.271 e. The van der Waals surface area contributed by atoms with Gasteiger partial charge in [0.05, 0.1) is 11.6 Å². The number of thioether (sulfide) groups is 2. The molecule has 2 atom stereocenters. The molecular weight excluding hydrogens is 274 g/mol. The summed E-state index contributed by atoms with van der Waals surface area (Å²) >= 11 is 4.03. The van der Waals surface area contributed by atoms with Crippen LogP contribution >= 0.6 is 23.5 Å². The van der Waals surface area contributed by atoms with Crippen LogP contribution in [-0.2, 0) is 0 Å². The van der Waals surface area contributed by atoms with Crippen molar-refractivity contribution >= 4 is 34.4 Å². The van der Waals surface area contributed by atoms with Gasteiger partial charge in [0.1, 0.15) is 0 Å². The van der Waals surface area contributed by atoms with Crippen molar-refractivity contribution in [2.75, 3.05) is 17.3 Å². The van der Waals surface area contributed by atoms with Gasteiger partial charge in [-0.05, 0) is 17.7 Å². The maximum absolute atomic E-state index is 5.83. The van der Waals surface area contributed by atoms with Gasteiger partial charge in [0.2, 0.25) is 0 Å². The van der Waals surface area contributed by atoms with E-state index in [1.54, 1.807) is 0 Å². The number of hydrogen-bond donors (Lipinski definition) is 2. The highest BCUT2D eigenvalue weighted by atomic mass is 32.2. The number of nitrogens with two attached hydrogens (primary N) is 1. The van der Waals surface area contributed by atoms with Crippen molar-refractivity contribution in [3.05, 3.63) is 42.1 Å². The van der Waals surface area contributed by atoms with Crippen molar-refractivity contribution in [1.29, 1.82) is 0 Å². The van der Waals surface area contributed by atoms with Gasteiger partial charge in [-0.25, -0.2) is 0 Å². The minimum Gasteiger partial charge on any atom is -0.271 e. The predicted molar refractivity (Wildman–Crippen MR) is 85.4 cm³/mol. The van der Waals surface area contributed by atoms with Crippen LogP contribution in [0, 0.1) is 0 Å². The summed E-state index contributed by atoms with van der Waals surface area (Å²) in [4.78, 5) is 4.42. The summed E-state index contributed by atoms with van der Waals surface area (Å²) in [6.45, 7) is 0. The Bertz CT molecular complexity index is 550. The van der Waals surface area contributed by atoms with E-state index in [0.29, 0.717) is 5.25 Å². The number of nitrogens with zero attached hydrogens (tertiary/aromatic N) is 1. The smallest absolute Gasteiger partial charge is 0.0705 e. The van der Waals surface area contributed by atoms with E-state index in [0.717, 1.165) is 11.3 Å². The van der Waals surface area contributed by atoms with Crippen LogP contribution in [0.3, 0.4) is 0 Å². The molecule has 0 aliphatic carbocycles. The number of aromatic nitrogens is 1. The molecular formula is C14H17N3S2. The maximum Gasteiger partial charge on any atom is 0.0705 e. The lowest BCUT2D eigenvalue weighted by Crippen LogP contribution is -2.37. The van der Waals surface area contributed by atoms with E-state index >= 15 is 0 Å². The van der Waals surface area contributed by atoms with Crippen molar-refractivity contribution in [2.45, 2.75) is 11.3 Å². The second kappa shape index (κ2) is 6.13. The van der Waals surface area contributed by atoms with Gasteiger partial charge >= 0.3 is 0 Å². The SMILES string of the molecule is NNC(c1cccc2ncccc12)C1CSCCS1. The Labute approximate surface area is 121 Å². The van der Waals surface area contributed by atoms with Gasteiger partial charge in [-0.1, -0.05) is 18.2 Å². The van der Waals surface area contributed by atoms with Crippen molar-refractivity contribution in [2.24, 2.45) is 5.84 Å². The molecule has 2 aromatic rings. The van der Waals surface area contributed by atoms with Crippen LogP contribution in [0.25, 0.3) is 10.9 Å². The quantitative estimate of drug-likeness (QED) is 0.672. The number of hydrazine groups is 1. The summed E-state index contributed by atoms with van der Waals surface area (Å²) < 4.78 is 0. The van der Waals surface area contributed by atoms with Gasteiger partial charge in [-0.3, -0.25) is 16.3 Å². The minimum absolute atomic E-state index is 0.186. The van der Waals surface area contributed by atoms with Crippen LogP contribution in [0.15, 0.2) is 36.5 Å². The Morgan fingerprint density at radius 3 is 3.00 bits per heavy atom. The van der Waals surface area contributed by atoms with E-state index in [1.165, 1.54) is 22.5 Å². The normalized spacial score (nSPS) is 21.4. The van der Waals surface area contributed by atoms with Crippen molar-refractivity contribution < 1.29 is 0 Å². The van der Waals surface area contributed by atoms with Crippen LogP contribution in [0.4, 0.5) is 0 Å². The first-order valence-electron chi connectivity index (χ1n) is 6.39. The summed E-state index contributed by atoms with van der Waals surface area (Å²) in [5.74, 6) is 9.43. The molecule has 1 aliphatic rings. The monoisotopic (exact) mass is 291 g/mol. The molecule has 19 heavy (non-hydrogen) atoms. The van der Waals surface area contributed by atoms with Gasteiger partial charge in [-0.2, -0.15) is 23.5 Å². The molecule has 3 rings (SSSR count). The molecule has 1 saturated heterocycles. The minimum atomic E-state index is 0.186. The summed E-state index contributed by atoms with van der Waals surface area (Å²) in [7, 11) is 0. The predicted octanol–water partition coefficient (Wildman–Crippen LogP) is 2.59. The second-order valence-electron chi connectivity index (χ2n) is 4.55. The van der Waals surface area contributed by atoms with Crippen LogP contribution < -0.4 is 11.3 Å². The van der Waals surface area contributed by atoms with Crippen molar-refractivity contribution in [1.82, 2.24) is 10.4 Å². The number of benzene rings is 1. The van der Waals surface area contributed by atoms with E-state index in [9.17, 15) is 0 Å². The first kappa shape index (κ1) is 13.2. The van der Waals surface area contributed by atoms with Gasteiger partial charge in [0.25, 0.3) is 0 Å². The second-order valence-corrected chi connectivity index (χ2v) is 7.04. The zero-order chi connectivity index (χ0) is 13.1. The number of pyridine rings is 1. The summed E-state index contributed by atoms with van der Waals surface area (Å²) in [5, 5.41) is 1.72. The first-order chi connectivity index (χ1) is 9.40. The highest BCUT2D eigenvalue weighted by molar-refractivity contribution is 8.06. The Morgan fingerprint density at radius 1 is 1.26 bits per heavy atom. The standard InChI is InChI=1S/C14H17N3S2/c15-17-14(13-9-18-7-8-19-13)11-3-1-5-12-10(11)4-2-6-16-12/h1-6,13-14,17H,7-9,15H2. The van der Waals surface area contributed by atoms with Crippen LogP contribution in [0.2, 0.25) is 0 Å². The maximum atomic E-state index is 5.83. The molecule has 1 aliphatic heterocycles. The zero-order valence-electron chi connectivity index (χ0n) is 10.6. The molecule has 0 saturated carbocycles. The summed E-state index contributed by atoms with van der Waals surface area (Å²) in [6, 6.07) is 10.6. The first-order valence-corrected chi connectivity index (χ1v) is 8.59. The number of fused-ring (bicyclic) bond motifs is 1.